The summed E-state index contributed by atoms with van der Waals surface area (Å²) in [5, 5.41) is 13.0. The topological polar surface area (TPSA) is 67.3 Å². The fraction of sp³-hybridized carbons (Fsp3) is 0.636. The molecule has 1 aliphatic heterocycles. The first-order valence-electron chi connectivity index (χ1n) is 5.80. The Kier molecular flexibility index (Phi) is 5.05. The fourth-order valence-electron chi connectivity index (χ4n) is 1.79. The molecule has 0 saturated heterocycles. The summed E-state index contributed by atoms with van der Waals surface area (Å²) >= 11 is 7.62. The number of nitrogens with one attached hydrogen (secondary N) is 1. The molecule has 1 aromatic rings. The summed E-state index contributed by atoms with van der Waals surface area (Å²) < 4.78 is 4.87. The predicted octanol–water partition coefficient (Wildman–Crippen LogP) is 1.59. The van der Waals surface area contributed by atoms with Gasteiger partial charge in [0.2, 0.25) is 5.28 Å². The second kappa shape index (κ2) is 6.56. The molecule has 1 aliphatic rings. The van der Waals surface area contributed by atoms with Gasteiger partial charge in [-0.15, -0.1) is 11.8 Å². The molecule has 0 saturated carbocycles. The smallest absolute Gasteiger partial charge is 0.224 e. The maximum atomic E-state index is 9.55. The molecule has 0 aliphatic carbocycles. The minimum Gasteiger partial charge on any atom is -0.391 e. The Balaban J connectivity index is 1.93. The van der Waals surface area contributed by atoms with Crippen LogP contribution in [0.2, 0.25) is 5.28 Å². The summed E-state index contributed by atoms with van der Waals surface area (Å²) in [6, 6.07) is 0. The van der Waals surface area contributed by atoms with Crippen molar-refractivity contribution in [3.8, 4) is 0 Å². The Labute approximate surface area is 115 Å². The summed E-state index contributed by atoms with van der Waals surface area (Å²) in [7, 11) is 1.57. The van der Waals surface area contributed by atoms with Crippen LogP contribution in [0.3, 0.4) is 0 Å². The first kappa shape index (κ1) is 13.9. The zero-order valence-corrected chi connectivity index (χ0v) is 11.7. The number of hydrogen-bond acceptors (Lipinski definition) is 6. The van der Waals surface area contributed by atoms with E-state index in [0.717, 1.165) is 28.6 Å². The van der Waals surface area contributed by atoms with E-state index in [9.17, 15) is 5.11 Å². The van der Waals surface area contributed by atoms with Crippen molar-refractivity contribution in [2.45, 2.75) is 23.8 Å². The van der Waals surface area contributed by atoms with Crippen LogP contribution >= 0.6 is 23.4 Å². The van der Waals surface area contributed by atoms with Gasteiger partial charge < -0.3 is 15.2 Å². The normalized spacial score (nSPS) is 15.5. The molecule has 2 heterocycles. The predicted molar refractivity (Wildman–Crippen MR) is 72.5 cm³/mol. The number of hydrogen-bond donors (Lipinski definition) is 2. The standard InChI is InChI=1S/C11H16ClN3O2S/c1-17-6-7(16)2-4-13-10-9-8(3-5-18-9)14-11(12)15-10/h7,16H,2-6H2,1H3,(H,13,14,15). The number of nitrogens with zero attached hydrogens (tertiary/aromatic N) is 2. The second-order valence-electron chi connectivity index (χ2n) is 4.04. The molecule has 1 unspecified atom stereocenters. The van der Waals surface area contributed by atoms with Crippen LogP contribution in [0.5, 0.6) is 0 Å². The summed E-state index contributed by atoms with van der Waals surface area (Å²) in [5.41, 5.74) is 1.01. The number of aliphatic hydroxyl groups excluding tert-OH is 1. The van der Waals surface area contributed by atoms with Gasteiger partial charge in [-0.1, -0.05) is 0 Å². The van der Waals surface area contributed by atoms with Crippen molar-refractivity contribution in [1.82, 2.24) is 9.97 Å². The molecule has 18 heavy (non-hydrogen) atoms. The van der Waals surface area contributed by atoms with Crippen LogP contribution in [0.1, 0.15) is 12.1 Å². The van der Waals surface area contributed by atoms with Gasteiger partial charge in [-0.25, -0.2) is 4.98 Å². The SMILES string of the molecule is COCC(O)CCNc1nc(Cl)nc2c1SCC2. The maximum Gasteiger partial charge on any atom is 0.224 e. The van der Waals surface area contributed by atoms with Crippen LogP contribution in [0.15, 0.2) is 4.90 Å². The van der Waals surface area contributed by atoms with Crippen molar-refractivity contribution < 1.29 is 9.84 Å². The molecule has 1 atom stereocenters. The quantitative estimate of drug-likeness (QED) is 0.775. The molecule has 5 nitrogen and oxygen atoms in total. The fourth-order valence-corrected chi connectivity index (χ4v) is 3.05. The molecule has 0 aromatic carbocycles. The van der Waals surface area contributed by atoms with E-state index in [1.165, 1.54) is 0 Å². The van der Waals surface area contributed by atoms with Crippen LogP contribution in [0.25, 0.3) is 0 Å². The zero-order chi connectivity index (χ0) is 13.0. The van der Waals surface area contributed by atoms with E-state index in [1.807, 2.05) is 0 Å². The Morgan fingerprint density at radius 1 is 1.56 bits per heavy atom. The van der Waals surface area contributed by atoms with E-state index in [4.69, 9.17) is 16.3 Å². The molecule has 2 N–H and O–H groups in total. The molecule has 0 fully saturated rings. The van der Waals surface area contributed by atoms with E-state index in [0.29, 0.717) is 19.6 Å². The van der Waals surface area contributed by atoms with Crippen molar-refractivity contribution >= 4 is 29.2 Å². The van der Waals surface area contributed by atoms with Gasteiger partial charge in [-0.3, -0.25) is 0 Å². The Morgan fingerprint density at radius 3 is 3.17 bits per heavy atom. The van der Waals surface area contributed by atoms with Gasteiger partial charge >= 0.3 is 0 Å². The number of fused-ring (bicyclic) bond motifs is 1. The molecule has 2 rings (SSSR count). The highest BCUT2D eigenvalue weighted by molar-refractivity contribution is 7.99. The average Bonchev–Trinajstić information content (AvgIpc) is 2.77. The third-order valence-corrected chi connectivity index (χ3v) is 3.92. The number of anilines is 1. The number of halogens is 1. The van der Waals surface area contributed by atoms with E-state index < -0.39 is 6.10 Å². The highest BCUT2D eigenvalue weighted by Gasteiger charge is 2.19. The summed E-state index contributed by atoms with van der Waals surface area (Å²) in [4.78, 5) is 9.49. The second-order valence-corrected chi connectivity index (χ2v) is 5.48. The highest BCUT2D eigenvalue weighted by atomic mass is 35.5. The van der Waals surface area contributed by atoms with E-state index in [1.54, 1.807) is 18.9 Å². The van der Waals surface area contributed by atoms with Gasteiger partial charge in [0.1, 0.15) is 5.82 Å². The summed E-state index contributed by atoms with van der Waals surface area (Å²) in [5.74, 6) is 1.79. The lowest BCUT2D eigenvalue weighted by Crippen LogP contribution is -2.19. The molecule has 1 aromatic heterocycles. The van der Waals surface area contributed by atoms with Gasteiger partial charge in [-0.2, -0.15) is 4.98 Å². The van der Waals surface area contributed by atoms with Crippen LogP contribution in [-0.2, 0) is 11.2 Å². The number of rotatable bonds is 6. The number of thioether (sulfide) groups is 1. The highest BCUT2D eigenvalue weighted by Crippen LogP contribution is 2.35. The van der Waals surface area contributed by atoms with Gasteiger partial charge in [-0.05, 0) is 18.0 Å². The minimum atomic E-state index is -0.458. The molecule has 100 valence electrons. The van der Waals surface area contributed by atoms with Crippen molar-refractivity contribution in [2.24, 2.45) is 0 Å². The minimum absolute atomic E-state index is 0.274. The first-order valence-corrected chi connectivity index (χ1v) is 7.17. The van der Waals surface area contributed by atoms with Crippen molar-refractivity contribution in [1.29, 1.82) is 0 Å². The third-order valence-electron chi connectivity index (χ3n) is 2.62. The lowest BCUT2D eigenvalue weighted by molar-refractivity contribution is 0.0615. The monoisotopic (exact) mass is 289 g/mol. The van der Waals surface area contributed by atoms with Gasteiger partial charge in [0.25, 0.3) is 0 Å². The third kappa shape index (κ3) is 3.47. The number of ether oxygens (including phenoxy) is 1. The molecule has 0 amide bonds. The maximum absolute atomic E-state index is 9.55. The zero-order valence-electron chi connectivity index (χ0n) is 10.1. The lowest BCUT2D eigenvalue weighted by Gasteiger charge is -2.12. The number of aliphatic hydroxyl groups is 1. The number of methoxy groups -OCH3 is 1. The average molecular weight is 290 g/mol. The number of aromatic nitrogens is 2. The molecule has 0 spiro atoms. The Bertz CT molecular complexity index is 420. The van der Waals surface area contributed by atoms with E-state index >= 15 is 0 Å². The van der Waals surface area contributed by atoms with Gasteiger partial charge in [0.05, 0.1) is 23.3 Å². The van der Waals surface area contributed by atoms with Crippen LogP contribution in [0, 0.1) is 0 Å². The molecule has 7 heteroatoms. The largest absolute Gasteiger partial charge is 0.391 e. The van der Waals surface area contributed by atoms with Crippen LogP contribution in [-0.4, -0.2) is 47.2 Å². The molecule has 0 radical (unpaired) electrons. The first-order chi connectivity index (χ1) is 8.70. The van der Waals surface area contributed by atoms with Gasteiger partial charge in [0, 0.05) is 25.8 Å². The van der Waals surface area contributed by atoms with Gasteiger partial charge in [0.15, 0.2) is 0 Å². The Hall–Kier alpha value is -0.560. The van der Waals surface area contributed by atoms with E-state index in [-0.39, 0.29) is 5.28 Å². The van der Waals surface area contributed by atoms with Crippen molar-refractivity contribution in [2.75, 3.05) is 31.3 Å². The van der Waals surface area contributed by atoms with E-state index in [2.05, 4.69) is 15.3 Å². The lowest BCUT2D eigenvalue weighted by atomic mass is 10.2. The molecule has 0 bridgehead atoms. The summed E-state index contributed by atoms with van der Waals surface area (Å²) in [6.45, 7) is 0.976. The molecular formula is C11H16ClN3O2S. The van der Waals surface area contributed by atoms with Crippen LogP contribution < -0.4 is 5.32 Å². The summed E-state index contributed by atoms with van der Waals surface area (Å²) in [6.07, 6.45) is 1.08. The Morgan fingerprint density at radius 2 is 2.39 bits per heavy atom. The van der Waals surface area contributed by atoms with Crippen molar-refractivity contribution in [3.05, 3.63) is 11.0 Å². The number of aryl methyl sites for hydroxylation is 1. The van der Waals surface area contributed by atoms with Crippen molar-refractivity contribution in [3.63, 3.8) is 0 Å². The van der Waals surface area contributed by atoms with Crippen LogP contribution in [0.4, 0.5) is 5.82 Å². The molecular weight excluding hydrogens is 274 g/mol.